The molecular weight excluding hydrogens is 415 g/mol. The van der Waals surface area contributed by atoms with E-state index in [1.165, 1.54) is 6.07 Å². The van der Waals surface area contributed by atoms with Crippen LogP contribution in [-0.2, 0) is 11.0 Å². The van der Waals surface area contributed by atoms with Crippen LogP contribution >= 0.6 is 0 Å². The molecule has 2 fully saturated rings. The van der Waals surface area contributed by atoms with Gasteiger partial charge >= 0.3 is 6.18 Å². The van der Waals surface area contributed by atoms with Gasteiger partial charge in [-0.2, -0.15) is 13.2 Å². The molecule has 1 aromatic rings. The summed E-state index contributed by atoms with van der Waals surface area (Å²) in [5.41, 5.74) is -1.42. The summed E-state index contributed by atoms with van der Waals surface area (Å²) in [6.07, 6.45) is -4.64. The maximum Gasteiger partial charge on any atom is 0.416 e. The van der Waals surface area contributed by atoms with E-state index in [-0.39, 0.29) is 17.6 Å². The Morgan fingerprint density at radius 3 is 2.23 bits per heavy atom. The van der Waals surface area contributed by atoms with Gasteiger partial charge in [-0.1, -0.05) is 6.92 Å². The molecular formula is C20H28F3N5O3. The summed E-state index contributed by atoms with van der Waals surface area (Å²) in [7, 11) is 0. The number of halogens is 3. The number of nitrogens with zero attached hydrogens (tertiary/aromatic N) is 5. The van der Waals surface area contributed by atoms with E-state index in [0.29, 0.717) is 45.3 Å². The fraction of sp³-hybridized carbons (Fsp3) is 0.650. The summed E-state index contributed by atoms with van der Waals surface area (Å²) in [6.45, 7) is 9.85. The molecule has 2 saturated heterocycles. The predicted octanol–water partition coefficient (Wildman–Crippen LogP) is 2.29. The number of hydrogen-bond acceptors (Lipinski definition) is 6. The zero-order valence-corrected chi connectivity index (χ0v) is 17.8. The van der Waals surface area contributed by atoms with Crippen molar-refractivity contribution < 1.29 is 22.9 Å². The number of hydrogen-bond donors (Lipinski definition) is 0. The molecule has 2 aliphatic heterocycles. The molecule has 3 rings (SSSR count). The number of carbonyl (C=O) groups is 1. The molecule has 1 aromatic carbocycles. The summed E-state index contributed by atoms with van der Waals surface area (Å²) in [5, 5.41) is 11.4. The minimum Gasteiger partial charge on any atom is -0.363 e. The zero-order valence-electron chi connectivity index (χ0n) is 17.8. The highest BCUT2D eigenvalue weighted by atomic mass is 19.4. The van der Waals surface area contributed by atoms with Crippen molar-refractivity contribution in [1.29, 1.82) is 0 Å². The lowest BCUT2D eigenvalue weighted by Gasteiger charge is -2.41. The van der Waals surface area contributed by atoms with E-state index in [2.05, 4.69) is 11.8 Å². The summed E-state index contributed by atoms with van der Waals surface area (Å²) < 4.78 is 38.8. The number of nitro benzene ring substituents is 1. The van der Waals surface area contributed by atoms with Gasteiger partial charge in [0.05, 0.1) is 16.5 Å². The van der Waals surface area contributed by atoms with E-state index < -0.39 is 22.4 Å². The van der Waals surface area contributed by atoms with Gasteiger partial charge in [-0.05, 0) is 25.6 Å². The number of piperazine rings is 2. The first-order valence-corrected chi connectivity index (χ1v) is 10.5. The highest BCUT2D eigenvalue weighted by molar-refractivity contribution is 5.81. The van der Waals surface area contributed by atoms with Crippen molar-refractivity contribution in [3.63, 3.8) is 0 Å². The fourth-order valence-corrected chi connectivity index (χ4v) is 4.17. The molecule has 31 heavy (non-hydrogen) atoms. The number of amides is 1. The first-order chi connectivity index (χ1) is 14.6. The Hall–Kier alpha value is -2.40. The first-order valence-electron chi connectivity index (χ1n) is 10.5. The molecule has 0 bridgehead atoms. The standard InChI is InChI=1S/C20H28F3N5O3/c1-3-24-6-8-27(9-7-24)19(29)15(2)25-10-12-26(13-11-25)17-5-4-16(20(21,22)23)14-18(17)28(30)31/h4-5,14-15H,3,6-13H2,1-2H3/t15-/m0/s1. The molecule has 0 spiro atoms. The molecule has 8 nitrogen and oxygen atoms in total. The first kappa shape index (κ1) is 23.3. The number of carbonyl (C=O) groups excluding carboxylic acids is 1. The number of benzene rings is 1. The minimum absolute atomic E-state index is 0.0738. The maximum atomic E-state index is 12.9. The van der Waals surface area contributed by atoms with Crippen LogP contribution in [0, 0.1) is 10.1 Å². The second-order valence-corrected chi connectivity index (χ2v) is 7.92. The molecule has 11 heteroatoms. The third-order valence-electron chi connectivity index (χ3n) is 6.19. The highest BCUT2D eigenvalue weighted by Gasteiger charge is 2.35. The Bertz CT molecular complexity index is 804. The molecule has 172 valence electrons. The molecule has 0 N–H and O–H groups in total. The van der Waals surface area contributed by atoms with Gasteiger partial charge < -0.3 is 14.7 Å². The Morgan fingerprint density at radius 1 is 1.10 bits per heavy atom. The molecule has 0 aromatic heterocycles. The lowest BCUT2D eigenvalue weighted by molar-refractivity contribution is -0.384. The molecule has 1 atom stereocenters. The van der Waals surface area contributed by atoms with E-state index in [4.69, 9.17) is 0 Å². The van der Waals surface area contributed by atoms with Crippen LogP contribution < -0.4 is 4.90 Å². The number of likely N-dealkylation sites (N-methyl/N-ethyl adjacent to an activating group) is 1. The van der Waals surface area contributed by atoms with Gasteiger partial charge in [0.25, 0.3) is 5.69 Å². The van der Waals surface area contributed by atoms with Crippen LogP contribution in [-0.4, -0.2) is 90.5 Å². The van der Waals surface area contributed by atoms with Crippen molar-refractivity contribution in [2.75, 3.05) is 63.8 Å². The monoisotopic (exact) mass is 443 g/mol. The summed E-state index contributed by atoms with van der Waals surface area (Å²) in [4.78, 5) is 31.4. The van der Waals surface area contributed by atoms with Crippen LogP contribution in [0.4, 0.5) is 24.5 Å². The Labute approximate surface area is 179 Å². The van der Waals surface area contributed by atoms with E-state index >= 15 is 0 Å². The third kappa shape index (κ3) is 5.27. The van der Waals surface area contributed by atoms with Crippen molar-refractivity contribution in [3.8, 4) is 0 Å². The quantitative estimate of drug-likeness (QED) is 0.514. The van der Waals surface area contributed by atoms with Gasteiger partial charge in [0.1, 0.15) is 5.69 Å². The molecule has 0 radical (unpaired) electrons. The molecule has 1 amide bonds. The van der Waals surface area contributed by atoms with Crippen LogP contribution in [0.25, 0.3) is 0 Å². The van der Waals surface area contributed by atoms with Crippen molar-refractivity contribution >= 4 is 17.3 Å². The van der Waals surface area contributed by atoms with Crippen molar-refractivity contribution in [3.05, 3.63) is 33.9 Å². The van der Waals surface area contributed by atoms with Gasteiger partial charge in [-0.3, -0.25) is 19.8 Å². The lowest BCUT2D eigenvalue weighted by atomic mass is 10.1. The molecule has 2 heterocycles. The number of nitro groups is 1. The summed E-state index contributed by atoms with van der Waals surface area (Å²) in [5.74, 6) is 0.0738. The Balaban J connectivity index is 1.63. The zero-order chi connectivity index (χ0) is 22.8. The van der Waals surface area contributed by atoms with Gasteiger partial charge in [-0.25, -0.2) is 0 Å². The van der Waals surface area contributed by atoms with Crippen molar-refractivity contribution in [2.45, 2.75) is 26.1 Å². The third-order valence-corrected chi connectivity index (χ3v) is 6.19. The van der Waals surface area contributed by atoms with Gasteiger partial charge in [0.2, 0.25) is 5.91 Å². The minimum atomic E-state index is -4.64. The summed E-state index contributed by atoms with van der Waals surface area (Å²) in [6, 6.07) is 2.32. The number of anilines is 1. The Morgan fingerprint density at radius 2 is 1.71 bits per heavy atom. The van der Waals surface area contributed by atoms with E-state index in [1.807, 2.05) is 16.7 Å². The average Bonchev–Trinajstić information content (AvgIpc) is 2.77. The van der Waals surface area contributed by atoms with E-state index in [1.54, 1.807) is 4.90 Å². The highest BCUT2D eigenvalue weighted by Crippen LogP contribution is 2.36. The number of rotatable bonds is 5. The Kier molecular flexibility index (Phi) is 7.05. The maximum absolute atomic E-state index is 12.9. The molecule has 0 unspecified atom stereocenters. The molecule has 0 saturated carbocycles. The van der Waals surface area contributed by atoms with Crippen LogP contribution in [0.1, 0.15) is 19.4 Å². The lowest BCUT2D eigenvalue weighted by Crippen LogP contribution is -2.57. The SMILES string of the molecule is CCN1CCN(C(=O)[C@H](C)N2CCN(c3ccc(C(F)(F)F)cc3[N+](=O)[O-])CC2)CC1. The van der Waals surface area contributed by atoms with Crippen LogP contribution in [0.5, 0.6) is 0 Å². The largest absolute Gasteiger partial charge is 0.416 e. The normalized spacial score (nSPS) is 20.0. The van der Waals surface area contributed by atoms with Gasteiger partial charge in [0.15, 0.2) is 0 Å². The van der Waals surface area contributed by atoms with Crippen molar-refractivity contribution in [1.82, 2.24) is 14.7 Å². The van der Waals surface area contributed by atoms with Crippen LogP contribution in [0.15, 0.2) is 18.2 Å². The van der Waals surface area contributed by atoms with Crippen LogP contribution in [0.3, 0.4) is 0 Å². The van der Waals surface area contributed by atoms with Gasteiger partial charge in [-0.15, -0.1) is 0 Å². The number of alkyl halides is 3. The average molecular weight is 443 g/mol. The second kappa shape index (κ2) is 9.39. The molecule has 0 aliphatic carbocycles. The smallest absolute Gasteiger partial charge is 0.363 e. The second-order valence-electron chi connectivity index (χ2n) is 7.92. The van der Waals surface area contributed by atoms with Crippen molar-refractivity contribution in [2.24, 2.45) is 0 Å². The fourth-order valence-electron chi connectivity index (χ4n) is 4.17. The topological polar surface area (TPSA) is 73.2 Å². The molecule has 2 aliphatic rings. The van der Waals surface area contributed by atoms with Gasteiger partial charge in [0, 0.05) is 58.4 Å². The van der Waals surface area contributed by atoms with E-state index in [0.717, 1.165) is 25.7 Å². The predicted molar refractivity (Wildman–Crippen MR) is 110 cm³/mol. The van der Waals surface area contributed by atoms with E-state index in [9.17, 15) is 28.1 Å². The van der Waals surface area contributed by atoms with Crippen LogP contribution in [0.2, 0.25) is 0 Å². The summed E-state index contributed by atoms with van der Waals surface area (Å²) >= 11 is 0.